The van der Waals surface area contributed by atoms with Gasteiger partial charge >= 0.3 is 0 Å². The third-order valence-corrected chi connectivity index (χ3v) is 3.27. The first-order chi connectivity index (χ1) is 10.2. The van der Waals surface area contributed by atoms with Crippen LogP contribution in [0.2, 0.25) is 0 Å². The minimum absolute atomic E-state index is 0.585. The van der Waals surface area contributed by atoms with Gasteiger partial charge in [0.2, 0.25) is 0 Å². The number of hydrogen-bond acceptors (Lipinski definition) is 5. The molecule has 0 spiro atoms. The highest BCUT2D eigenvalue weighted by Crippen LogP contribution is 2.24. The Morgan fingerprint density at radius 1 is 1.05 bits per heavy atom. The number of aryl methyl sites for hydroxylation is 1. The van der Waals surface area contributed by atoms with Crippen LogP contribution in [-0.4, -0.2) is 20.2 Å². The topological polar surface area (TPSA) is 95.6 Å². The van der Waals surface area contributed by atoms with Crippen molar-refractivity contribution >= 4 is 11.4 Å². The molecule has 0 radical (unpaired) electrons. The van der Waals surface area contributed by atoms with E-state index in [0.717, 1.165) is 17.7 Å². The second-order valence-corrected chi connectivity index (χ2v) is 4.83. The third-order valence-electron chi connectivity index (χ3n) is 3.27. The van der Waals surface area contributed by atoms with E-state index in [2.05, 4.69) is 34.6 Å². The molecule has 0 saturated heterocycles. The molecule has 0 aliphatic carbocycles. The van der Waals surface area contributed by atoms with Crippen LogP contribution in [0.4, 0.5) is 11.4 Å². The summed E-state index contributed by atoms with van der Waals surface area (Å²) in [4.78, 5) is 0. The van der Waals surface area contributed by atoms with Crippen LogP contribution in [0.5, 0.6) is 0 Å². The molecule has 1 aromatic heterocycles. The second kappa shape index (κ2) is 5.24. The van der Waals surface area contributed by atoms with Crippen molar-refractivity contribution in [1.29, 1.82) is 0 Å². The van der Waals surface area contributed by atoms with Gasteiger partial charge in [0.05, 0.1) is 5.69 Å². The summed E-state index contributed by atoms with van der Waals surface area (Å²) >= 11 is 0. The summed E-state index contributed by atoms with van der Waals surface area (Å²) in [5, 5.41) is 11.9. The number of anilines is 2. The summed E-state index contributed by atoms with van der Waals surface area (Å²) < 4.78 is 1.69. The van der Waals surface area contributed by atoms with E-state index in [1.165, 1.54) is 5.56 Å². The van der Waals surface area contributed by atoms with Gasteiger partial charge in [0.15, 0.2) is 5.82 Å². The molecular weight excluding hydrogens is 264 g/mol. The minimum atomic E-state index is 0.585. The lowest BCUT2D eigenvalue weighted by atomic mass is 10.1. The van der Waals surface area contributed by atoms with Crippen LogP contribution in [0, 0.1) is 0 Å². The lowest BCUT2D eigenvalue weighted by Gasteiger charge is -2.07. The molecule has 0 unspecified atom stereocenters. The number of hydrogen-bond donors (Lipinski definition) is 2. The number of rotatable bonds is 3. The predicted molar refractivity (Wildman–Crippen MR) is 82.8 cm³/mol. The zero-order valence-corrected chi connectivity index (χ0v) is 11.7. The fourth-order valence-corrected chi connectivity index (χ4v) is 2.25. The number of nitrogens with two attached hydrogens (primary N) is 2. The van der Waals surface area contributed by atoms with E-state index in [-0.39, 0.29) is 0 Å². The van der Waals surface area contributed by atoms with Crippen molar-refractivity contribution in [2.24, 2.45) is 0 Å². The van der Waals surface area contributed by atoms with Crippen molar-refractivity contribution in [2.45, 2.75) is 13.3 Å². The molecule has 0 aliphatic rings. The summed E-state index contributed by atoms with van der Waals surface area (Å²) in [5.74, 6) is 0.613. The number of nitrogen functional groups attached to an aromatic ring is 2. The monoisotopic (exact) mass is 280 g/mol. The summed E-state index contributed by atoms with van der Waals surface area (Å²) in [6, 6.07) is 13.4. The van der Waals surface area contributed by atoms with Gasteiger partial charge in [-0.2, -0.15) is 4.68 Å². The van der Waals surface area contributed by atoms with Crippen molar-refractivity contribution < 1.29 is 0 Å². The van der Waals surface area contributed by atoms with Gasteiger partial charge in [-0.05, 0) is 52.7 Å². The number of tetrazole rings is 1. The van der Waals surface area contributed by atoms with E-state index in [0.29, 0.717) is 17.2 Å². The molecule has 21 heavy (non-hydrogen) atoms. The van der Waals surface area contributed by atoms with Crippen molar-refractivity contribution in [1.82, 2.24) is 20.2 Å². The Hall–Kier alpha value is -2.89. The molecule has 106 valence electrons. The third kappa shape index (κ3) is 2.55. The molecule has 0 bridgehead atoms. The molecule has 0 aliphatic heterocycles. The van der Waals surface area contributed by atoms with Gasteiger partial charge in [0, 0.05) is 16.9 Å². The largest absolute Gasteiger partial charge is 0.399 e. The van der Waals surface area contributed by atoms with E-state index >= 15 is 0 Å². The van der Waals surface area contributed by atoms with Gasteiger partial charge in [-0.25, -0.2) is 0 Å². The first kappa shape index (κ1) is 13.1. The van der Waals surface area contributed by atoms with E-state index in [4.69, 9.17) is 11.5 Å². The van der Waals surface area contributed by atoms with Crippen molar-refractivity contribution in [2.75, 3.05) is 11.5 Å². The Morgan fingerprint density at radius 3 is 2.52 bits per heavy atom. The molecule has 4 N–H and O–H groups in total. The van der Waals surface area contributed by atoms with Crippen LogP contribution in [0.25, 0.3) is 17.1 Å². The molecule has 1 heterocycles. The second-order valence-electron chi connectivity index (χ2n) is 4.83. The Morgan fingerprint density at radius 2 is 1.81 bits per heavy atom. The van der Waals surface area contributed by atoms with Crippen LogP contribution >= 0.6 is 0 Å². The maximum atomic E-state index is 5.84. The molecule has 0 amide bonds. The fourth-order valence-electron chi connectivity index (χ4n) is 2.25. The van der Waals surface area contributed by atoms with Gasteiger partial charge in [0.25, 0.3) is 0 Å². The van der Waals surface area contributed by atoms with Crippen molar-refractivity contribution in [3.8, 4) is 17.1 Å². The highest BCUT2D eigenvalue weighted by Gasteiger charge is 2.12. The van der Waals surface area contributed by atoms with Crippen LogP contribution in [-0.2, 0) is 6.42 Å². The van der Waals surface area contributed by atoms with Crippen molar-refractivity contribution in [3.05, 3.63) is 48.0 Å². The lowest BCUT2D eigenvalue weighted by Crippen LogP contribution is -2.01. The Labute approximate surface area is 122 Å². The molecule has 6 heteroatoms. The molecule has 3 rings (SSSR count). The zero-order chi connectivity index (χ0) is 14.8. The van der Waals surface area contributed by atoms with E-state index in [1.807, 2.05) is 24.3 Å². The molecule has 6 nitrogen and oxygen atoms in total. The van der Waals surface area contributed by atoms with Gasteiger partial charge in [-0.1, -0.05) is 19.1 Å². The normalized spacial score (nSPS) is 10.7. The highest BCUT2D eigenvalue weighted by atomic mass is 15.5. The maximum Gasteiger partial charge on any atom is 0.187 e. The van der Waals surface area contributed by atoms with Crippen molar-refractivity contribution in [3.63, 3.8) is 0 Å². The first-order valence-electron chi connectivity index (χ1n) is 6.71. The summed E-state index contributed by atoms with van der Waals surface area (Å²) in [6.07, 6.45) is 0.955. The smallest absolute Gasteiger partial charge is 0.187 e. The maximum absolute atomic E-state index is 5.84. The molecule has 3 aromatic rings. The zero-order valence-electron chi connectivity index (χ0n) is 11.7. The van der Waals surface area contributed by atoms with E-state index in [1.54, 1.807) is 10.7 Å². The number of aromatic nitrogens is 4. The predicted octanol–water partition coefficient (Wildman–Crippen LogP) is 2.06. The van der Waals surface area contributed by atoms with Gasteiger partial charge in [-0.15, -0.1) is 5.10 Å². The fraction of sp³-hybridized carbons (Fsp3) is 0.133. The Balaban J connectivity index is 2.12. The molecular formula is C15H16N6. The average molecular weight is 280 g/mol. The van der Waals surface area contributed by atoms with Crippen LogP contribution in [0.1, 0.15) is 12.5 Å². The first-order valence-corrected chi connectivity index (χ1v) is 6.71. The molecule has 0 saturated carbocycles. The van der Waals surface area contributed by atoms with Crippen LogP contribution in [0.3, 0.4) is 0 Å². The summed E-state index contributed by atoms with van der Waals surface area (Å²) in [7, 11) is 0. The van der Waals surface area contributed by atoms with Gasteiger partial charge in [-0.3, -0.25) is 0 Å². The molecule has 0 atom stereocenters. The van der Waals surface area contributed by atoms with Crippen LogP contribution < -0.4 is 11.5 Å². The minimum Gasteiger partial charge on any atom is -0.399 e. The Kier molecular flexibility index (Phi) is 3.27. The average Bonchev–Trinajstić information content (AvgIpc) is 2.96. The lowest BCUT2D eigenvalue weighted by molar-refractivity contribution is 0.790. The summed E-state index contributed by atoms with van der Waals surface area (Å²) in [5.41, 5.74) is 15.8. The summed E-state index contributed by atoms with van der Waals surface area (Å²) in [6.45, 7) is 2.11. The molecule has 2 aromatic carbocycles. The van der Waals surface area contributed by atoms with Gasteiger partial charge in [0.1, 0.15) is 0 Å². The van der Waals surface area contributed by atoms with E-state index in [9.17, 15) is 0 Å². The standard InChI is InChI=1S/C15H16N6/c1-2-10-4-3-5-14(6-10)21-15(18-19-20-21)11-7-12(16)9-13(17)8-11/h3-9H,2,16-17H2,1H3. The Bertz CT molecular complexity index is 757. The van der Waals surface area contributed by atoms with Gasteiger partial charge < -0.3 is 11.5 Å². The highest BCUT2D eigenvalue weighted by molar-refractivity contribution is 5.68. The number of benzene rings is 2. The van der Waals surface area contributed by atoms with E-state index < -0.39 is 0 Å². The number of nitrogens with zero attached hydrogens (tertiary/aromatic N) is 4. The molecule has 0 fully saturated rings. The quantitative estimate of drug-likeness (QED) is 0.716. The SMILES string of the molecule is CCc1cccc(-n2nnnc2-c2cc(N)cc(N)c2)c1. The van der Waals surface area contributed by atoms with Crippen LogP contribution in [0.15, 0.2) is 42.5 Å².